The molecule has 116 valence electrons. The zero-order valence-electron chi connectivity index (χ0n) is 11.2. The average molecular weight is 343 g/mol. The molecule has 1 aromatic carbocycles. The number of amides is 1. The van der Waals surface area contributed by atoms with Gasteiger partial charge in [0.1, 0.15) is 4.32 Å². The van der Waals surface area contributed by atoms with Gasteiger partial charge in [-0.3, -0.25) is 14.5 Å². The van der Waals surface area contributed by atoms with E-state index in [4.69, 9.17) is 17.3 Å². The first-order valence-electron chi connectivity index (χ1n) is 6.30. The summed E-state index contributed by atoms with van der Waals surface area (Å²) in [4.78, 5) is 24.3. The van der Waals surface area contributed by atoms with Crippen molar-refractivity contribution in [1.29, 1.82) is 0 Å². The van der Waals surface area contributed by atoms with E-state index in [-0.39, 0.29) is 18.9 Å². The number of carboxylic acids is 1. The molecule has 4 nitrogen and oxygen atoms in total. The van der Waals surface area contributed by atoms with Crippen LogP contribution in [0.3, 0.4) is 0 Å². The first-order valence-corrected chi connectivity index (χ1v) is 7.53. The lowest BCUT2D eigenvalue weighted by atomic mass is 10.2. The van der Waals surface area contributed by atoms with Gasteiger partial charge in [0.15, 0.2) is 11.6 Å². The molecule has 0 saturated carbocycles. The Bertz CT molecular complexity index is 676. The fourth-order valence-electron chi connectivity index (χ4n) is 1.83. The van der Waals surface area contributed by atoms with Crippen LogP contribution in [-0.4, -0.2) is 32.7 Å². The highest BCUT2D eigenvalue weighted by Crippen LogP contribution is 2.32. The van der Waals surface area contributed by atoms with Gasteiger partial charge in [0.25, 0.3) is 5.91 Å². The highest BCUT2D eigenvalue weighted by atomic mass is 32.2. The molecule has 2 rings (SSSR count). The number of carboxylic acid groups (broad SMARTS) is 1. The SMILES string of the molecule is O=C(O)CCCN1C(=O)C(=Cc2ccc(F)c(F)c2)SC1=S. The summed E-state index contributed by atoms with van der Waals surface area (Å²) in [5.74, 6) is -3.25. The van der Waals surface area contributed by atoms with Crippen LogP contribution in [0.4, 0.5) is 8.78 Å². The van der Waals surface area contributed by atoms with Crippen molar-refractivity contribution in [3.63, 3.8) is 0 Å². The lowest BCUT2D eigenvalue weighted by Gasteiger charge is -2.13. The van der Waals surface area contributed by atoms with Gasteiger partial charge in [-0.1, -0.05) is 30.0 Å². The van der Waals surface area contributed by atoms with Crippen LogP contribution in [0, 0.1) is 11.6 Å². The van der Waals surface area contributed by atoms with Gasteiger partial charge in [0.2, 0.25) is 0 Å². The predicted molar refractivity (Wildman–Crippen MR) is 83.1 cm³/mol. The molecule has 1 saturated heterocycles. The predicted octanol–water partition coefficient (Wildman–Crippen LogP) is 3.03. The topological polar surface area (TPSA) is 57.6 Å². The zero-order valence-corrected chi connectivity index (χ0v) is 12.8. The second kappa shape index (κ2) is 6.97. The third-order valence-corrected chi connectivity index (χ3v) is 4.27. The Balaban J connectivity index is 2.11. The summed E-state index contributed by atoms with van der Waals surface area (Å²) in [5, 5.41) is 8.60. The van der Waals surface area contributed by atoms with Crippen molar-refractivity contribution in [3.8, 4) is 0 Å². The number of halogens is 2. The first-order chi connectivity index (χ1) is 10.4. The summed E-state index contributed by atoms with van der Waals surface area (Å²) in [5.41, 5.74) is 0.352. The summed E-state index contributed by atoms with van der Waals surface area (Å²) in [6, 6.07) is 3.33. The van der Waals surface area contributed by atoms with Gasteiger partial charge in [-0.15, -0.1) is 0 Å². The minimum Gasteiger partial charge on any atom is -0.481 e. The van der Waals surface area contributed by atoms with Crippen LogP contribution in [0.2, 0.25) is 0 Å². The number of hydrogen-bond donors (Lipinski definition) is 1. The van der Waals surface area contributed by atoms with Gasteiger partial charge in [-0.05, 0) is 30.2 Å². The van der Waals surface area contributed by atoms with Crippen molar-refractivity contribution in [3.05, 3.63) is 40.3 Å². The molecular formula is C14H11F2NO3S2. The third-order valence-electron chi connectivity index (χ3n) is 2.89. The molecular weight excluding hydrogens is 332 g/mol. The van der Waals surface area contributed by atoms with Gasteiger partial charge in [0.05, 0.1) is 4.91 Å². The third kappa shape index (κ3) is 3.89. The normalized spacial score (nSPS) is 16.6. The largest absolute Gasteiger partial charge is 0.481 e. The Morgan fingerprint density at radius 2 is 2.09 bits per heavy atom. The fraction of sp³-hybridized carbons (Fsp3) is 0.214. The van der Waals surface area contributed by atoms with Crippen LogP contribution in [0.25, 0.3) is 6.08 Å². The van der Waals surface area contributed by atoms with E-state index in [9.17, 15) is 18.4 Å². The fourth-order valence-corrected chi connectivity index (χ4v) is 3.14. The van der Waals surface area contributed by atoms with Crippen LogP contribution < -0.4 is 0 Å². The molecule has 22 heavy (non-hydrogen) atoms. The molecule has 1 aliphatic rings. The molecule has 0 aliphatic carbocycles. The minimum absolute atomic E-state index is 0.0563. The summed E-state index contributed by atoms with van der Waals surface area (Å²) in [6.07, 6.45) is 1.67. The highest BCUT2D eigenvalue weighted by Gasteiger charge is 2.31. The van der Waals surface area contributed by atoms with E-state index in [0.717, 1.165) is 23.9 Å². The van der Waals surface area contributed by atoms with E-state index < -0.39 is 17.6 Å². The van der Waals surface area contributed by atoms with Crippen molar-refractivity contribution in [2.24, 2.45) is 0 Å². The van der Waals surface area contributed by atoms with Crippen molar-refractivity contribution in [1.82, 2.24) is 4.90 Å². The lowest BCUT2D eigenvalue weighted by Crippen LogP contribution is -2.29. The molecule has 1 heterocycles. The number of aliphatic carboxylic acids is 1. The number of nitrogens with zero attached hydrogens (tertiary/aromatic N) is 1. The molecule has 1 aliphatic heterocycles. The number of carbonyl (C=O) groups is 2. The maximum Gasteiger partial charge on any atom is 0.303 e. The second-order valence-electron chi connectivity index (χ2n) is 4.50. The van der Waals surface area contributed by atoms with E-state index >= 15 is 0 Å². The molecule has 0 spiro atoms. The summed E-state index contributed by atoms with van der Waals surface area (Å²) >= 11 is 6.13. The standard InChI is InChI=1S/C14H11F2NO3S2/c15-9-4-3-8(6-10(9)16)7-11-13(20)17(14(21)22-11)5-1-2-12(18)19/h3-4,6-7H,1-2,5H2,(H,18,19). The molecule has 0 radical (unpaired) electrons. The molecule has 0 aromatic heterocycles. The Kier molecular flexibility index (Phi) is 5.25. The molecule has 0 atom stereocenters. The van der Waals surface area contributed by atoms with Crippen LogP contribution >= 0.6 is 24.0 Å². The summed E-state index contributed by atoms with van der Waals surface area (Å²) in [6.45, 7) is 0.214. The van der Waals surface area contributed by atoms with E-state index in [1.54, 1.807) is 0 Å². The van der Waals surface area contributed by atoms with Crippen LogP contribution in [0.15, 0.2) is 23.1 Å². The van der Waals surface area contributed by atoms with Crippen molar-refractivity contribution >= 4 is 46.3 Å². The quantitative estimate of drug-likeness (QED) is 0.658. The smallest absolute Gasteiger partial charge is 0.303 e. The number of thioether (sulfide) groups is 1. The molecule has 1 aromatic rings. The number of rotatable bonds is 5. The minimum atomic E-state index is -0.995. The summed E-state index contributed by atoms with van der Waals surface area (Å²) in [7, 11) is 0. The average Bonchev–Trinajstić information content (AvgIpc) is 2.70. The second-order valence-corrected chi connectivity index (χ2v) is 6.18. The Morgan fingerprint density at radius 3 is 2.73 bits per heavy atom. The van der Waals surface area contributed by atoms with E-state index in [1.165, 1.54) is 17.0 Å². The Hall–Kier alpha value is -1.80. The molecule has 1 amide bonds. The van der Waals surface area contributed by atoms with Gasteiger partial charge in [0, 0.05) is 13.0 Å². The van der Waals surface area contributed by atoms with Crippen molar-refractivity contribution in [2.75, 3.05) is 6.54 Å². The monoisotopic (exact) mass is 343 g/mol. The van der Waals surface area contributed by atoms with Gasteiger partial charge < -0.3 is 5.11 Å². The highest BCUT2D eigenvalue weighted by molar-refractivity contribution is 8.26. The number of carbonyl (C=O) groups excluding carboxylic acids is 1. The zero-order chi connectivity index (χ0) is 16.3. The van der Waals surface area contributed by atoms with E-state index in [0.29, 0.717) is 21.2 Å². The van der Waals surface area contributed by atoms with Crippen LogP contribution in [0.1, 0.15) is 18.4 Å². The maximum absolute atomic E-state index is 13.2. The number of benzene rings is 1. The number of hydrogen-bond acceptors (Lipinski definition) is 4. The molecule has 1 N–H and O–H groups in total. The molecule has 0 unspecified atom stereocenters. The molecule has 0 bridgehead atoms. The first kappa shape index (κ1) is 16.6. The van der Waals surface area contributed by atoms with Crippen LogP contribution in [0.5, 0.6) is 0 Å². The van der Waals surface area contributed by atoms with Crippen molar-refractivity contribution < 1.29 is 23.5 Å². The van der Waals surface area contributed by atoms with Gasteiger partial charge in [-0.25, -0.2) is 8.78 Å². The number of thiocarbonyl (C=S) groups is 1. The molecule has 1 fully saturated rings. The van der Waals surface area contributed by atoms with Crippen LogP contribution in [-0.2, 0) is 9.59 Å². The summed E-state index contributed by atoms with van der Waals surface area (Å²) < 4.78 is 26.4. The Morgan fingerprint density at radius 1 is 1.36 bits per heavy atom. The maximum atomic E-state index is 13.2. The molecule has 8 heteroatoms. The van der Waals surface area contributed by atoms with Gasteiger partial charge >= 0.3 is 5.97 Å². The lowest BCUT2D eigenvalue weighted by molar-refractivity contribution is -0.137. The Labute approximate surface area is 134 Å². The van der Waals surface area contributed by atoms with Crippen molar-refractivity contribution in [2.45, 2.75) is 12.8 Å². The van der Waals surface area contributed by atoms with E-state index in [1.807, 2.05) is 0 Å². The van der Waals surface area contributed by atoms with Gasteiger partial charge in [-0.2, -0.15) is 0 Å². The van der Waals surface area contributed by atoms with E-state index in [2.05, 4.69) is 0 Å².